The van der Waals surface area contributed by atoms with Gasteiger partial charge in [0.1, 0.15) is 11.6 Å². The van der Waals surface area contributed by atoms with E-state index in [1.165, 1.54) is 44.6 Å². The van der Waals surface area contributed by atoms with E-state index in [1.54, 1.807) is 0 Å². The first-order valence-electron chi connectivity index (χ1n) is 23.1. The van der Waals surface area contributed by atoms with Crippen molar-refractivity contribution in [2.75, 3.05) is 9.80 Å². The first kappa shape index (κ1) is 45.7. The van der Waals surface area contributed by atoms with Crippen molar-refractivity contribution in [1.82, 2.24) is 9.55 Å². The third kappa shape index (κ3) is 8.45. The number of nitrogens with zero attached hydrogens (tertiary/aromatic N) is 4. The first-order chi connectivity index (χ1) is 30.8. The van der Waals surface area contributed by atoms with Gasteiger partial charge in [-0.2, -0.15) is 0 Å². The Kier molecular flexibility index (Phi) is 13.0. The Labute approximate surface area is 401 Å². The van der Waals surface area contributed by atoms with E-state index in [1.807, 2.05) is 30.3 Å². The molecule has 0 saturated carbocycles. The number of aromatic nitrogens is 2. The van der Waals surface area contributed by atoms with Gasteiger partial charge in [-0.25, -0.2) is 0 Å². The maximum absolute atomic E-state index is 12.0. The van der Waals surface area contributed by atoms with Crippen LogP contribution in [-0.2, 0) is 21.1 Å². The number of fused-ring (bicyclic) bond motifs is 2. The Morgan fingerprint density at radius 3 is 1.72 bits per heavy atom. The van der Waals surface area contributed by atoms with Crippen molar-refractivity contribution in [3.63, 3.8) is 0 Å². The van der Waals surface area contributed by atoms with Gasteiger partial charge in [0.25, 0.3) is 0 Å². The third-order valence-electron chi connectivity index (χ3n) is 12.9. The second-order valence-electron chi connectivity index (χ2n) is 19.0. The van der Waals surface area contributed by atoms with Crippen LogP contribution in [0, 0.1) is 12.7 Å². The van der Waals surface area contributed by atoms with E-state index in [4.69, 9.17) is 4.98 Å². The van der Waals surface area contributed by atoms with Gasteiger partial charge in [-0.1, -0.05) is 160 Å². The van der Waals surface area contributed by atoms with Gasteiger partial charge < -0.3 is 19.5 Å². The molecule has 0 atom stereocenters. The summed E-state index contributed by atoms with van der Waals surface area (Å²) in [6, 6.07) is 51.2. The molecule has 0 bridgehead atoms. The van der Waals surface area contributed by atoms with Gasteiger partial charge in [0.2, 0.25) is 0 Å². The van der Waals surface area contributed by atoms with Gasteiger partial charge in [0, 0.05) is 28.1 Å². The van der Waals surface area contributed by atoms with Gasteiger partial charge in [-0.05, 0) is 110 Å². The number of benzene rings is 7. The topological polar surface area (TPSA) is 44.5 Å². The minimum absolute atomic E-state index is 0. The third-order valence-corrected chi connectivity index (χ3v) is 12.9. The summed E-state index contributed by atoms with van der Waals surface area (Å²) in [6.07, 6.45) is 2.16. The molecule has 65 heavy (non-hydrogen) atoms. The predicted molar refractivity (Wildman–Crippen MR) is 270 cm³/mol. The number of hydrogen-bond donors (Lipinski definition) is 1. The Bertz CT molecular complexity index is 2940. The molecule has 0 amide bonds. The average Bonchev–Trinajstić information content (AvgIpc) is 3.91. The number of anilines is 4. The summed E-state index contributed by atoms with van der Waals surface area (Å²) >= 11 is 0. The first-order valence-corrected chi connectivity index (χ1v) is 23.1. The fraction of sp³-hybridized carbons (Fsp3) is 0.254. The molecule has 0 radical (unpaired) electrons. The van der Waals surface area contributed by atoms with Gasteiger partial charge in [-0.15, -0.1) is 36.5 Å². The minimum Gasteiger partial charge on any atom is -0.507 e. The van der Waals surface area contributed by atoms with Crippen molar-refractivity contribution >= 4 is 33.5 Å². The SMILES string of the molecule is CC(C)c1cc(C(C)C)c(-n2cc(-c3[c-]c(N4[CH-]N(c5c(C(C)C)cc(-c6ccccc6)cc5C(C)C)c5ccccc54)ccc3)nc2-c2ccc3ccccc3c2O)c(C(C)C)c1.[Pt+2]. The molecule has 1 aliphatic rings. The van der Waals surface area contributed by atoms with Crippen molar-refractivity contribution in [3.8, 4) is 45.2 Å². The van der Waals surface area contributed by atoms with E-state index in [9.17, 15) is 5.11 Å². The van der Waals surface area contributed by atoms with Crippen molar-refractivity contribution < 1.29 is 26.2 Å². The molecule has 0 aliphatic carbocycles. The number of hydrogen-bond acceptors (Lipinski definition) is 4. The molecule has 0 spiro atoms. The van der Waals surface area contributed by atoms with Crippen LogP contribution in [0.3, 0.4) is 0 Å². The molecule has 1 aliphatic heterocycles. The van der Waals surface area contributed by atoms with Gasteiger partial charge in [-0.3, -0.25) is 4.98 Å². The quantitative estimate of drug-likeness (QED) is 0.131. The summed E-state index contributed by atoms with van der Waals surface area (Å²) in [4.78, 5) is 10.1. The Morgan fingerprint density at radius 1 is 0.538 bits per heavy atom. The largest absolute Gasteiger partial charge is 2.00 e. The van der Waals surface area contributed by atoms with E-state index >= 15 is 0 Å². The second kappa shape index (κ2) is 18.5. The Balaban J connectivity index is 0.00000576. The fourth-order valence-corrected chi connectivity index (χ4v) is 9.37. The number of aromatic hydroxyl groups is 1. The molecule has 0 unspecified atom stereocenters. The molecule has 6 heteroatoms. The summed E-state index contributed by atoms with van der Waals surface area (Å²) < 4.78 is 2.24. The van der Waals surface area contributed by atoms with E-state index in [0.29, 0.717) is 29.1 Å². The summed E-state index contributed by atoms with van der Waals surface area (Å²) in [5.74, 6) is 2.40. The van der Waals surface area contributed by atoms with E-state index < -0.39 is 0 Å². The molecule has 332 valence electrons. The van der Waals surface area contributed by atoms with Gasteiger partial charge >= 0.3 is 21.1 Å². The number of rotatable bonds is 11. The number of para-hydroxylation sites is 2. The smallest absolute Gasteiger partial charge is 0.507 e. The molecule has 8 aromatic rings. The van der Waals surface area contributed by atoms with Gasteiger partial charge in [0.05, 0.1) is 11.3 Å². The maximum atomic E-state index is 12.0. The van der Waals surface area contributed by atoms with Crippen molar-refractivity contribution in [2.24, 2.45) is 0 Å². The summed E-state index contributed by atoms with van der Waals surface area (Å²) in [7, 11) is 0. The standard InChI is InChI=1S/C59H60N4O.Pt/c1-36(2)44-30-49(37(3)4)56(50(31-44)38(5)6)61-34-53(60-59(61)48-28-27-42-21-14-15-24-47(42)58(48)64)43-22-18-23-46(29-43)62-35-63(55-26-17-16-25-54(55)62)57-51(39(7)8)32-45(33-52(57)40(9)10)41-19-12-11-13-20-41;/h11-28,30-40,64H,1-10H3;/q-2;+2. The second-order valence-corrected chi connectivity index (χ2v) is 19.0. The van der Waals surface area contributed by atoms with E-state index in [-0.39, 0.29) is 38.7 Å². The molecular formula is C59H60N4OPt. The van der Waals surface area contributed by atoms with Crippen LogP contribution in [0.5, 0.6) is 5.75 Å². The van der Waals surface area contributed by atoms with Gasteiger partial charge in [0.15, 0.2) is 0 Å². The monoisotopic (exact) mass is 1040 g/mol. The Hall–Kier alpha value is -5.90. The molecule has 2 heterocycles. The zero-order valence-corrected chi connectivity index (χ0v) is 41.6. The molecule has 7 aromatic carbocycles. The van der Waals surface area contributed by atoms with Crippen molar-refractivity contribution in [2.45, 2.75) is 98.8 Å². The molecule has 5 nitrogen and oxygen atoms in total. The number of imidazole rings is 1. The van der Waals surface area contributed by atoms with Crippen LogP contribution in [0.4, 0.5) is 22.7 Å². The van der Waals surface area contributed by atoms with Crippen LogP contribution in [0.15, 0.2) is 140 Å². The van der Waals surface area contributed by atoms with Crippen LogP contribution in [0.25, 0.3) is 50.2 Å². The molecule has 0 saturated heterocycles. The van der Waals surface area contributed by atoms with Crippen molar-refractivity contribution in [1.29, 1.82) is 0 Å². The van der Waals surface area contributed by atoms with Crippen LogP contribution in [-0.4, -0.2) is 14.7 Å². The van der Waals surface area contributed by atoms with Crippen LogP contribution in [0.2, 0.25) is 0 Å². The fourth-order valence-electron chi connectivity index (χ4n) is 9.37. The van der Waals surface area contributed by atoms with Crippen LogP contribution >= 0.6 is 0 Å². The summed E-state index contributed by atoms with van der Waals surface area (Å²) in [5, 5.41) is 13.8. The van der Waals surface area contributed by atoms with Crippen LogP contribution in [0.1, 0.15) is 127 Å². The number of phenols is 1. The van der Waals surface area contributed by atoms with Crippen molar-refractivity contribution in [3.05, 3.63) is 180 Å². The zero-order chi connectivity index (χ0) is 45.0. The van der Waals surface area contributed by atoms with Crippen LogP contribution < -0.4 is 9.80 Å². The molecule has 1 aromatic heterocycles. The number of phenolic OH excluding ortho intramolecular Hbond substituents is 1. The average molecular weight is 1040 g/mol. The molecule has 9 rings (SSSR count). The maximum Gasteiger partial charge on any atom is 2.00 e. The summed E-state index contributed by atoms with van der Waals surface area (Å²) in [6.45, 7) is 25.1. The van der Waals surface area contributed by atoms with E-state index in [0.717, 1.165) is 44.8 Å². The zero-order valence-electron chi connectivity index (χ0n) is 39.3. The molecule has 0 fully saturated rings. The summed E-state index contributed by atoms with van der Waals surface area (Å²) in [5.41, 5.74) is 16.8. The predicted octanol–water partition coefficient (Wildman–Crippen LogP) is 16.6. The van der Waals surface area contributed by atoms with E-state index in [2.05, 4.69) is 206 Å². The molecule has 1 N–H and O–H groups in total. The Morgan fingerprint density at radius 2 is 1.11 bits per heavy atom. The molecular weight excluding hydrogens is 976 g/mol. The minimum atomic E-state index is 0. The normalized spacial score (nSPS) is 12.7.